The molecule has 3 aromatic rings. The van der Waals surface area contributed by atoms with Crippen LogP contribution >= 0.6 is 0 Å². The number of hydrogen-bond acceptors (Lipinski definition) is 6. The Balaban J connectivity index is 0.000000549. The third-order valence-electron chi connectivity index (χ3n) is 7.95. The maximum absolute atomic E-state index is 11.0. The molecule has 3 aromatic carbocycles. The van der Waals surface area contributed by atoms with Gasteiger partial charge in [0, 0.05) is 12.0 Å². The van der Waals surface area contributed by atoms with E-state index in [0.29, 0.717) is 25.7 Å². The lowest BCUT2D eigenvalue weighted by Gasteiger charge is -2.23. The van der Waals surface area contributed by atoms with Crippen molar-refractivity contribution in [3.8, 4) is 28.4 Å². The van der Waals surface area contributed by atoms with Gasteiger partial charge in [-0.05, 0) is 112 Å². The second-order valence-electron chi connectivity index (χ2n) is 11.7. The Morgan fingerprint density at radius 2 is 1.43 bits per heavy atom. The summed E-state index contributed by atoms with van der Waals surface area (Å²) in [5.74, 6) is 2.64. The topological polar surface area (TPSA) is 71.1 Å². The number of carbonyl (C=O) groups excluding carboxylic acids is 2. The van der Waals surface area contributed by atoms with E-state index >= 15 is 0 Å². The minimum Gasteiger partial charge on any atom is -0.494 e. The molecule has 1 fully saturated rings. The number of Topliss-reactive ketones (excluding diaryl/α,β-unsaturated/α-hetero) is 1. The molecule has 0 unspecified atom stereocenters. The largest absolute Gasteiger partial charge is 0.494 e. The Kier molecular flexibility index (Phi) is 15.7. The number of esters is 1. The molecule has 6 nitrogen and oxygen atoms in total. The molecule has 46 heavy (non-hydrogen) atoms. The van der Waals surface area contributed by atoms with E-state index in [4.69, 9.17) is 18.9 Å². The van der Waals surface area contributed by atoms with E-state index in [-0.39, 0.29) is 11.8 Å². The molecule has 6 heteroatoms. The van der Waals surface area contributed by atoms with Gasteiger partial charge in [-0.15, -0.1) is 0 Å². The molecule has 0 aromatic heterocycles. The van der Waals surface area contributed by atoms with Crippen molar-refractivity contribution in [2.24, 2.45) is 5.92 Å². The molecular formula is C40H50O6. The normalized spacial score (nSPS) is 12.2. The average Bonchev–Trinajstić information content (AvgIpc) is 3.04. The maximum Gasteiger partial charge on any atom is 0.330 e. The first-order valence-electron chi connectivity index (χ1n) is 16.4. The number of aryl methyl sites for hydroxylation is 2. The zero-order valence-corrected chi connectivity index (χ0v) is 27.9. The highest BCUT2D eigenvalue weighted by Crippen LogP contribution is 2.30. The fraction of sp³-hybridized carbons (Fsp3) is 0.400. The summed E-state index contributed by atoms with van der Waals surface area (Å²) < 4.78 is 22.4. The molecule has 0 aliphatic heterocycles. The SMILES string of the molecule is C=C(C)C(=O)C1CCC1.C=CC(=O)OCCCCCCOc1ccc(CCCOc2ccc(-c3ccc(C)cc3)cc2)cc1OC. The number of hydrogen-bond donors (Lipinski definition) is 0. The molecule has 1 aliphatic carbocycles. The fourth-order valence-electron chi connectivity index (χ4n) is 4.93. The lowest BCUT2D eigenvalue weighted by molar-refractivity contribution is -0.137. The summed E-state index contributed by atoms with van der Waals surface area (Å²) in [6.07, 6.45) is 10.2. The molecule has 246 valence electrons. The van der Waals surface area contributed by atoms with Gasteiger partial charge in [0.1, 0.15) is 5.75 Å². The van der Waals surface area contributed by atoms with Crippen molar-refractivity contribution in [1.29, 1.82) is 0 Å². The third-order valence-corrected chi connectivity index (χ3v) is 7.95. The zero-order chi connectivity index (χ0) is 33.1. The molecule has 1 aliphatic rings. The first-order valence-corrected chi connectivity index (χ1v) is 16.4. The second-order valence-corrected chi connectivity index (χ2v) is 11.7. The number of methoxy groups -OCH3 is 1. The van der Waals surface area contributed by atoms with Gasteiger partial charge >= 0.3 is 5.97 Å². The van der Waals surface area contributed by atoms with Crippen LogP contribution in [0, 0.1) is 12.8 Å². The molecule has 0 heterocycles. The van der Waals surface area contributed by atoms with Gasteiger partial charge in [0.2, 0.25) is 0 Å². The molecule has 0 bridgehead atoms. The molecule has 0 radical (unpaired) electrons. The number of carbonyl (C=O) groups is 2. The minimum atomic E-state index is -0.365. The Bertz CT molecular complexity index is 1390. The lowest BCUT2D eigenvalue weighted by Crippen LogP contribution is -2.21. The summed E-state index contributed by atoms with van der Waals surface area (Å²) in [7, 11) is 1.67. The summed E-state index contributed by atoms with van der Waals surface area (Å²) in [5.41, 5.74) is 5.57. The Hall–Kier alpha value is -4.32. The van der Waals surface area contributed by atoms with Gasteiger partial charge in [0.15, 0.2) is 17.3 Å². The number of benzene rings is 3. The van der Waals surface area contributed by atoms with E-state index in [0.717, 1.165) is 74.2 Å². The van der Waals surface area contributed by atoms with Gasteiger partial charge < -0.3 is 18.9 Å². The Morgan fingerprint density at radius 1 is 0.804 bits per heavy atom. The maximum atomic E-state index is 11.0. The standard InChI is InChI=1S/C32H38O5.C8H12O/c1-4-32(33)37-22-8-6-5-7-21-36-30-20-13-26(24-31(30)34-3)10-9-23-35-29-18-16-28(17-19-29)27-14-11-25(2)12-15-27;1-6(2)8(9)7-4-3-5-7/h4,11-20,24H,1,5-10,21-23H2,2-3H3;7H,1,3-5H2,2H3. The molecular weight excluding hydrogens is 576 g/mol. The predicted molar refractivity (Wildman–Crippen MR) is 186 cm³/mol. The van der Waals surface area contributed by atoms with E-state index in [2.05, 4.69) is 62.5 Å². The van der Waals surface area contributed by atoms with Gasteiger partial charge in [0.05, 0.1) is 26.9 Å². The highest BCUT2D eigenvalue weighted by Gasteiger charge is 2.24. The number of rotatable bonds is 18. The first-order chi connectivity index (χ1) is 22.3. The summed E-state index contributed by atoms with van der Waals surface area (Å²) in [5, 5.41) is 0. The number of ether oxygens (including phenoxy) is 4. The van der Waals surface area contributed by atoms with Crippen LogP contribution in [-0.2, 0) is 20.7 Å². The van der Waals surface area contributed by atoms with Crippen molar-refractivity contribution in [2.75, 3.05) is 26.9 Å². The van der Waals surface area contributed by atoms with E-state index in [1.807, 2.05) is 24.3 Å². The molecule has 0 saturated heterocycles. The summed E-state index contributed by atoms with van der Waals surface area (Å²) in [6.45, 7) is 12.6. The molecule has 0 N–H and O–H groups in total. The van der Waals surface area contributed by atoms with Crippen molar-refractivity contribution in [2.45, 2.75) is 71.6 Å². The first kappa shape index (κ1) is 36.2. The van der Waals surface area contributed by atoms with Crippen molar-refractivity contribution in [3.63, 3.8) is 0 Å². The van der Waals surface area contributed by atoms with Crippen LogP contribution in [0.15, 0.2) is 91.5 Å². The molecule has 0 atom stereocenters. The number of allylic oxidation sites excluding steroid dienone is 1. The molecule has 1 saturated carbocycles. The van der Waals surface area contributed by atoms with E-state index in [1.54, 1.807) is 14.0 Å². The number of unbranched alkanes of at least 4 members (excludes halogenated alkanes) is 3. The van der Waals surface area contributed by atoms with Crippen molar-refractivity contribution in [1.82, 2.24) is 0 Å². The summed E-state index contributed by atoms with van der Waals surface area (Å²) in [6, 6.07) is 22.9. The van der Waals surface area contributed by atoms with Crippen LogP contribution in [-0.4, -0.2) is 38.7 Å². The van der Waals surface area contributed by atoms with Crippen LogP contribution in [0.3, 0.4) is 0 Å². The molecule has 0 spiro atoms. The fourth-order valence-corrected chi connectivity index (χ4v) is 4.93. The van der Waals surface area contributed by atoms with Crippen LogP contribution in [0.25, 0.3) is 11.1 Å². The van der Waals surface area contributed by atoms with Gasteiger partial charge in [-0.25, -0.2) is 4.79 Å². The van der Waals surface area contributed by atoms with Crippen LogP contribution < -0.4 is 14.2 Å². The summed E-state index contributed by atoms with van der Waals surface area (Å²) in [4.78, 5) is 22.0. The Morgan fingerprint density at radius 3 is 2.00 bits per heavy atom. The second kappa shape index (κ2) is 19.9. The smallest absolute Gasteiger partial charge is 0.330 e. The van der Waals surface area contributed by atoms with Gasteiger partial charge in [-0.3, -0.25) is 4.79 Å². The minimum absolute atomic E-state index is 0.279. The van der Waals surface area contributed by atoms with Crippen LogP contribution in [0.4, 0.5) is 0 Å². The van der Waals surface area contributed by atoms with E-state index in [9.17, 15) is 9.59 Å². The monoisotopic (exact) mass is 626 g/mol. The van der Waals surface area contributed by atoms with E-state index < -0.39 is 0 Å². The zero-order valence-electron chi connectivity index (χ0n) is 27.9. The quantitative estimate of drug-likeness (QED) is 0.0796. The van der Waals surface area contributed by atoms with Crippen LogP contribution in [0.1, 0.15) is 69.4 Å². The van der Waals surface area contributed by atoms with Crippen molar-refractivity contribution < 1.29 is 28.5 Å². The molecule has 4 rings (SSSR count). The highest BCUT2D eigenvalue weighted by molar-refractivity contribution is 5.96. The summed E-state index contributed by atoms with van der Waals surface area (Å²) >= 11 is 0. The average molecular weight is 627 g/mol. The van der Waals surface area contributed by atoms with Crippen molar-refractivity contribution in [3.05, 3.63) is 103 Å². The lowest BCUT2D eigenvalue weighted by atomic mass is 9.80. The van der Waals surface area contributed by atoms with Gasteiger partial charge in [-0.2, -0.15) is 0 Å². The highest BCUT2D eigenvalue weighted by atomic mass is 16.5. The predicted octanol–water partition coefficient (Wildman–Crippen LogP) is 9.28. The number of ketones is 1. The van der Waals surface area contributed by atoms with Gasteiger partial charge in [-0.1, -0.05) is 67.6 Å². The third kappa shape index (κ3) is 12.6. The van der Waals surface area contributed by atoms with E-state index in [1.165, 1.54) is 34.8 Å². The van der Waals surface area contributed by atoms with Crippen LogP contribution in [0.5, 0.6) is 17.2 Å². The molecule has 0 amide bonds. The van der Waals surface area contributed by atoms with Crippen molar-refractivity contribution >= 4 is 11.8 Å². The Labute approximate surface area is 275 Å². The van der Waals surface area contributed by atoms with Crippen LogP contribution in [0.2, 0.25) is 0 Å². The van der Waals surface area contributed by atoms with Gasteiger partial charge in [0.25, 0.3) is 0 Å².